The van der Waals surface area contributed by atoms with E-state index in [0.717, 1.165) is 9.80 Å². The molecule has 2 atom stereocenters. The molecule has 2 unspecified atom stereocenters. The van der Waals surface area contributed by atoms with Crippen LogP contribution in [-0.4, -0.2) is 72.7 Å². The molecule has 0 N–H and O–H groups in total. The summed E-state index contributed by atoms with van der Waals surface area (Å²) in [5, 5.41) is 0. The number of carbonyl (C=O) groups is 6. The summed E-state index contributed by atoms with van der Waals surface area (Å²) in [5.41, 5.74) is -1.20. The van der Waals surface area contributed by atoms with Crippen molar-refractivity contribution >= 4 is 35.6 Å². The van der Waals surface area contributed by atoms with Crippen molar-refractivity contribution in [1.82, 2.24) is 9.80 Å². The Morgan fingerprint density at radius 3 is 1.97 bits per heavy atom. The zero-order valence-corrected chi connectivity index (χ0v) is 17.5. The van der Waals surface area contributed by atoms with Crippen LogP contribution in [0.5, 0.6) is 0 Å². The van der Waals surface area contributed by atoms with E-state index < -0.39 is 35.1 Å². The molecule has 2 saturated heterocycles. The Morgan fingerprint density at radius 1 is 0.931 bits per heavy atom. The predicted octanol–water partition coefficient (Wildman–Crippen LogP) is 0.279. The van der Waals surface area contributed by atoms with E-state index in [9.17, 15) is 28.8 Å². The molecule has 0 aromatic carbocycles. The Labute approximate surface area is 169 Å². The number of carbonyl (C=O) groups excluding carboxylic acids is 6. The molecule has 0 radical (unpaired) electrons. The van der Waals surface area contributed by atoms with Crippen molar-refractivity contribution in [3.63, 3.8) is 0 Å². The van der Waals surface area contributed by atoms with Crippen molar-refractivity contribution < 1.29 is 38.2 Å². The monoisotopic (exact) mass is 412 g/mol. The molecular weight excluding hydrogens is 384 g/mol. The number of esters is 2. The summed E-state index contributed by atoms with van der Waals surface area (Å²) in [7, 11) is 2.48. The molecule has 0 aliphatic carbocycles. The summed E-state index contributed by atoms with van der Waals surface area (Å²) >= 11 is 0. The van der Waals surface area contributed by atoms with Crippen LogP contribution >= 0.6 is 0 Å². The van der Waals surface area contributed by atoms with Crippen molar-refractivity contribution in [2.75, 3.05) is 27.3 Å². The number of methoxy groups -OCH3 is 2. The fourth-order valence-electron chi connectivity index (χ4n) is 3.36. The van der Waals surface area contributed by atoms with Crippen LogP contribution in [0.25, 0.3) is 0 Å². The highest BCUT2D eigenvalue weighted by atomic mass is 16.5. The van der Waals surface area contributed by atoms with Crippen molar-refractivity contribution in [1.29, 1.82) is 0 Å². The minimum atomic E-state index is -1.20. The summed E-state index contributed by atoms with van der Waals surface area (Å²) < 4.78 is 9.08. The van der Waals surface area contributed by atoms with Gasteiger partial charge in [-0.25, -0.2) is 0 Å². The second-order valence-electron chi connectivity index (χ2n) is 7.13. The fraction of sp³-hybridized carbons (Fsp3) is 0.684. The first kappa shape index (κ1) is 24.3. The van der Waals surface area contributed by atoms with Gasteiger partial charge in [-0.2, -0.15) is 0 Å². The average molecular weight is 412 g/mol. The Bertz CT molecular complexity index is 704. The van der Waals surface area contributed by atoms with Crippen molar-refractivity contribution in [2.24, 2.45) is 11.3 Å². The smallest absolute Gasteiger partial charge is 0.321 e. The zero-order chi connectivity index (χ0) is 22.4. The van der Waals surface area contributed by atoms with Crippen LogP contribution in [0.3, 0.4) is 0 Å². The number of rotatable bonds is 2. The maximum Gasteiger partial charge on any atom is 0.321 e. The van der Waals surface area contributed by atoms with E-state index in [-0.39, 0.29) is 11.8 Å². The second kappa shape index (κ2) is 10.1. The van der Waals surface area contributed by atoms with Crippen molar-refractivity contribution in [3.05, 3.63) is 0 Å². The molecule has 10 heteroatoms. The minimum Gasteiger partial charge on any atom is -0.468 e. The molecule has 2 rings (SSSR count). The molecule has 2 fully saturated rings. The molecule has 10 nitrogen and oxygen atoms in total. The highest BCUT2D eigenvalue weighted by Gasteiger charge is 2.48. The van der Waals surface area contributed by atoms with Gasteiger partial charge in [0.15, 0.2) is 0 Å². The lowest BCUT2D eigenvalue weighted by molar-refractivity contribution is -0.168. The van der Waals surface area contributed by atoms with Crippen LogP contribution in [0.4, 0.5) is 0 Å². The first-order valence-corrected chi connectivity index (χ1v) is 9.32. The summed E-state index contributed by atoms with van der Waals surface area (Å²) in [6.07, 6.45) is 2.19. The third kappa shape index (κ3) is 5.39. The van der Waals surface area contributed by atoms with Gasteiger partial charge in [0, 0.05) is 26.9 Å². The van der Waals surface area contributed by atoms with E-state index in [1.807, 2.05) is 0 Å². The first-order chi connectivity index (χ1) is 13.5. The molecular formula is C19H28N2O8. The standard InChI is InChI=1S/C10H15NO4.C9H13NO4/c1-7(12)11-6-4-5-10(2,8(11)13)9(14)15-3;1-6(11)10-5-3-4-7(8(10)12)9(13)14-2/h4-6H2,1-3H3;7H,3-5H2,1-2H3. The summed E-state index contributed by atoms with van der Waals surface area (Å²) in [4.78, 5) is 70.5. The second-order valence-corrected chi connectivity index (χ2v) is 7.13. The number of likely N-dealkylation sites (tertiary alicyclic amines) is 2. The van der Waals surface area contributed by atoms with E-state index in [1.165, 1.54) is 35.0 Å². The van der Waals surface area contributed by atoms with Crippen LogP contribution in [0.15, 0.2) is 0 Å². The Balaban J connectivity index is 0.000000291. The topological polar surface area (TPSA) is 127 Å². The largest absolute Gasteiger partial charge is 0.468 e. The number of piperidine rings is 2. The number of imide groups is 2. The molecule has 0 saturated carbocycles. The molecule has 29 heavy (non-hydrogen) atoms. The van der Waals surface area contributed by atoms with E-state index in [1.54, 1.807) is 0 Å². The van der Waals surface area contributed by atoms with Crippen LogP contribution in [0, 0.1) is 11.3 Å². The van der Waals surface area contributed by atoms with E-state index in [2.05, 4.69) is 9.47 Å². The Hall–Kier alpha value is -2.78. The number of nitrogens with zero attached hydrogens (tertiary/aromatic N) is 2. The van der Waals surface area contributed by atoms with Gasteiger partial charge in [-0.3, -0.25) is 38.6 Å². The van der Waals surface area contributed by atoms with Gasteiger partial charge in [0.05, 0.1) is 14.2 Å². The maximum atomic E-state index is 11.9. The Morgan fingerprint density at radius 2 is 1.48 bits per heavy atom. The lowest BCUT2D eigenvalue weighted by Crippen LogP contribution is -2.53. The molecule has 2 heterocycles. The van der Waals surface area contributed by atoms with E-state index in [4.69, 9.17) is 0 Å². The SMILES string of the molecule is COC(=O)C1(C)CCCN(C(C)=O)C1=O.COC(=O)C1CCCN(C(C)=O)C1=O. The highest BCUT2D eigenvalue weighted by Crippen LogP contribution is 2.32. The maximum absolute atomic E-state index is 11.9. The molecule has 0 spiro atoms. The van der Waals surface area contributed by atoms with Gasteiger partial charge in [0.1, 0.15) is 11.3 Å². The van der Waals surface area contributed by atoms with Gasteiger partial charge in [-0.15, -0.1) is 0 Å². The van der Waals surface area contributed by atoms with Crippen LogP contribution in [0.1, 0.15) is 46.5 Å². The van der Waals surface area contributed by atoms with Gasteiger partial charge in [-0.1, -0.05) is 0 Å². The van der Waals surface area contributed by atoms with Gasteiger partial charge in [-0.05, 0) is 32.6 Å². The fourth-order valence-corrected chi connectivity index (χ4v) is 3.36. The average Bonchev–Trinajstić information content (AvgIpc) is 2.69. The van der Waals surface area contributed by atoms with Crippen LogP contribution < -0.4 is 0 Å². The third-order valence-corrected chi connectivity index (χ3v) is 5.10. The minimum absolute atomic E-state index is 0.316. The summed E-state index contributed by atoms with van der Waals surface area (Å²) in [5.74, 6) is -3.45. The van der Waals surface area contributed by atoms with Crippen LogP contribution in [-0.2, 0) is 38.2 Å². The molecule has 0 aromatic heterocycles. The van der Waals surface area contributed by atoms with Crippen molar-refractivity contribution in [3.8, 4) is 0 Å². The summed E-state index contributed by atoms with van der Waals surface area (Å²) in [6.45, 7) is 4.96. The normalized spacial score (nSPS) is 24.2. The lowest BCUT2D eigenvalue weighted by atomic mass is 9.81. The summed E-state index contributed by atoms with van der Waals surface area (Å²) in [6, 6.07) is 0. The van der Waals surface area contributed by atoms with Gasteiger partial charge < -0.3 is 9.47 Å². The third-order valence-electron chi connectivity index (χ3n) is 5.10. The molecule has 162 valence electrons. The molecule has 0 bridgehead atoms. The van der Waals surface area contributed by atoms with Gasteiger partial charge in [0.2, 0.25) is 23.6 Å². The quantitative estimate of drug-likeness (QED) is 0.467. The predicted molar refractivity (Wildman–Crippen MR) is 98.9 cm³/mol. The number of hydrogen-bond acceptors (Lipinski definition) is 8. The van der Waals surface area contributed by atoms with Gasteiger partial charge >= 0.3 is 11.9 Å². The van der Waals surface area contributed by atoms with Crippen molar-refractivity contribution in [2.45, 2.75) is 46.5 Å². The van der Waals surface area contributed by atoms with Crippen LogP contribution in [0.2, 0.25) is 0 Å². The number of ether oxygens (including phenoxy) is 2. The van der Waals surface area contributed by atoms with Gasteiger partial charge in [0.25, 0.3) is 0 Å². The molecule has 2 aliphatic rings. The number of hydrogen-bond donors (Lipinski definition) is 0. The molecule has 2 aliphatic heterocycles. The first-order valence-electron chi connectivity index (χ1n) is 9.32. The molecule has 0 aromatic rings. The zero-order valence-electron chi connectivity index (χ0n) is 17.5. The Kier molecular flexibility index (Phi) is 8.47. The van der Waals surface area contributed by atoms with E-state index >= 15 is 0 Å². The highest BCUT2D eigenvalue weighted by molar-refractivity contribution is 6.08. The molecule has 4 amide bonds. The lowest BCUT2D eigenvalue weighted by Gasteiger charge is -2.35. The number of amides is 4. The van der Waals surface area contributed by atoms with E-state index in [0.29, 0.717) is 38.8 Å².